The SMILES string of the molecule is C[C@H](NNc1ccc([N+](=O)[O-])cc1[N+](=O)[O-])C(=O)O. The second kappa shape index (κ2) is 5.73. The summed E-state index contributed by atoms with van der Waals surface area (Å²) in [6.45, 7) is 1.33. The van der Waals surface area contributed by atoms with Crippen LogP contribution in [0.1, 0.15) is 6.92 Å². The number of hydrogen-bond acceptors (Lipinski definition) is 7. The molecular formula is C9H10N4O6. The summed E-state index contributed by atoms with van der Waals surface area (Å²) in [6.07, 6.45) is 0. The predicted octanol–water partition coefficient (Wildman–Crippen LogP) is 0.893. The Morgan fingerprint density at radius 3 is 2.42 bits per heavy atom. The fourth-order valence-corrected chi connectivity index (χ4v) is 1.14. The zero-order chi connectivity index (χ0) is 14.6. The van der Waals surface area contributed by atoms with Gasteiger partial charge in [0, 0.05) is 6.07 Å². The minimum Gasteiger partial charge on any atom is -0.480 e. The molecular weight excluding hydrogens is 260 g/mol. The molecule has 19 heavy (non-hydrogen) atoms. The van der Waals surface area contributed by atoms with E-state index in [1.165, 1.54) is 6.92 Å². The molecule has 1 atom stereocenters. The first-order chi connectivity index (χ1) is 8.82. The van der Waals surface area contributed by atoms with Crippen molar-refractivity contribution in [2.45, 2.75) is 13.0 Å². The van der Waals surface area contributed by atoms with Gasteiger partial charge in [0.2, 0.25) is 0 Å². The molecule has 10 heteroatoms. The first-order valence-corrected chi connectivity index (χ1v) is 5.00. The lowest BCUT2D eigenvalue weighted by Gasteiger charge is -2.11. The number of nitro groups is 2. The third kappa shape index (κ3) is 3.61. The van der Waals surface area contributed by atoms with Crippen LogP contribution in [0.3, 0.4) is 0 Å². The molecule has 0 spiro atoms. The molecule has 0 aromatic heterocycles. The number of aliphatic carboxylic acids is 1. The van der Waals surface area contributed by atoms with Gasteiger partial charge in [-0.15, -0.1) is 0 Å². The molecule has 0 aliphatic heterocycles. The zero-order valence-corrected chi connectivity index (χ0v) is 9.69. The minimum atomic E-state index is -1.16. The lowest BCUT2D eigenvalue weighted by atomic mass is 10.2. The number of non-ortho nitro benzene ring substituents is 1. The van der Waals surface area contributed by atoms with E-state index >= 15 is 0 Å². The summed E-state index contributed by atoms with van der Waals surface area (Å²) in [6, 6.07) is 1.99. The highest BCUT2D eigenvalue weighted by Crippen LogP contribution is 2.28. The number of carbonyl (C=O) groups is 1. The number of nitrogens with zero attached hydrogens (tertiary/aromatic N) is 2. The summed E-state index contributed by atoms with van der Waals surface area (Å²) in [7, 11) is 0. The first-order valence-electron chi connectivity index (χ1n) is 5.00. The Hall–Kier alpha value is -2.75. The Balaban J connectivity index is 2.97. The number of hydrogen-bond donors (Lipinski definition) is 3. The van der Waals surface area contributed by atoms with Crippen molar-refractivity contribution in [2.75, 3.05) is 5.43 Å². The molecule has 0 heterocycles. The fourth-order valence-electron chi connectivity index (χ4n) is 1.14. The molecule has 0 saturated heterocycles. The highest BCUT2D eigenvalue weighted by Gasteiger charge is 2.20. The smallest absolute Gasteiger partial charge is 0.322 e. The number of carboxylic acids is 1. The molecule has 0 saturated carbocycles. The lowest BCUT2D eigenvalue weighted by Crippen LogP contribution is -2.37. The van der Waals surface area contributed by atoms with Crippen LogP contribution < -0.4 is 10.9 Å². The van der Waals surface area contributed by atoms with Gasteiger partial charge >= 0.3 is 11.7 Å². The van der Waals surface area contributed by atoms with Gasteiger partial charge < -0.3 is 10.5 Å². The van der Waals surface area contributed by atoms with Gasteiger partial charge in [-0.05, 0) is 13.0 Å². The fraction of sp³-hybridized carbons (Fsp3) is 0.222. The third-order valence-electron chi connectivity index (χ3n) is 2.18. The summed E-state index contributed by atoms with van der Waals surface area (Å²) < 4.78 is 0. The van der Waals surface area contributed by atoms with Crippen molar-refractivity contribution in [3.63, 3.8) is 0 Å². The van der Waals surface area contributed by atoms with Crippen LogP contribution in [0.2, 0.25) is 0 Å². The monoisotopic (exact) mass is 270 g/mol. The molecule has 3 N–H and O–H groups in total. The van der Waals surface area contributed by atoms with E-state index in [1.807, 2.05) is 0 Å². The van der Waals surface area contributed by atoms with Gasteiger partial charge in [0.05, 0.1) is 15.9 Å². The van der Waals surface area contributed by atoms with Crippen molar-refractivity contribution in [3.8, 4) is 0 Å². The summed E-state index contributed by atoms with van der Waals surface area (Å²) >= 11 is 0. The average molecular weight is 270 g/mol. The molecule has 102 valence electrons. The van der Waals surface area contributed by atoms with Crippen LogP contribution in [-0.4, -0.2) is 27.0 Å². The maximum Gasteiger partial charge on any atom is 0.322 e. The minimum absolute atomic E-state index is 0.0660. The highest BCUT2D eigenvalue weighted by atomic mass is 16.6. The molecule has 0 unspecified atom stereocenters. The van der Waals surface area contributed by atoms with Crippen molar-refractivity contribution >= 4 is 23.0 Å². The van der Waals surface area contributed by atoms with Gasteiger partial charge in [-0.3, -0.25) is 25.0 Å². The van der Waals surface area contributed by atoms with Gasteiger partial charge in [0.25, 0.3) is 5.69 Å². The van der Waals surface area contributed by atoms with Crippen LogP contribution in [0.4, 0.5) is 17.1 Å². The average Bonchev–Trinajstić information content (AvgIpc) is 2.35. The molecule has 0 fully saturated rings. The van der Waals surface area contributed by atoms with Gasteiger partial charge in [-0.25, -0.2) is 5.43 Å². The number of hydrazine groups is 1. The van der Waals surface area contributed by atoms with Crippen LogP contribution in [0, 0.1) is 20.2 Å². The summed E-state index contributed by atoms with van der Waals surface area (Å²) in [4.78, 5) is 30.3. The van der Waals surface area contributed by atoms with Crippen molar-refractivity contribution in [3.05, 3.63) is 38.4 Å². The summed E-state index contributed by atoms with van der Waals surface area (Å²) in [5.41, 5.74) is 3.64. The highest BCUT2D eigenvalue weighted by molar-refractivity contribution is 5.73. The molecule has 1 rings (SSSR count). The topological polar surface area (TPSA) is 148 Å². The van der Waals surface area contributed by atoms with Crippen LogP contribution in [0.25, 0.3) is 0 Å². The Bertz CT molecular complexity index is 531. The normalized spacial score (nSPS) is 11.6. The second-order valence-corrected chi connectivity index (χ2v) is 3.54. The summed E-state index contributed by atoms with van der Waals surface area (Å²) in [5, 5.41) is 29.9. The quantitative estimate of drug-likeness (QED) is 0.509. The first kappa shape index (κ1) is 14.3. The van der Waals surface area contributed by atoms with Crippen LogP contribution >= 0.6 is 0 Å². The number of carboxylic acid groups (broad SMARTS) is 1. The van der Waals surface area contributed by atoms with E-state index in [-0.39, 0.29) is 5.69 Å². The Labute approximate surface area is 106 Å². The van der Waals surface area contributed by atoms with E-state index in [1.54, 1.807) is 0 Å². The van der Waals surface area contributed by atoms with Crippen molar-refractivity contribution in [1.29, 1.82) is 0 Å². The Morgan fingerprint density at radius 2 is 1.95 bits per heavy atom. The maximum atomic E-state index is 10.8. The molecule has 0 aliphatic rings. The predicted molar refractivity (Wildman–Crippen MR) is 63.6 cm³/mol. The van der Waals surface area contributed by atoms with Crippen LogP contribution in [0.15, 0.2) is 18.2 Å². The largest absolute Gasteiger partial charge is 0.480 e. The van der Waals surface area contributed by atoms with Gasteiger partial charge in [0.1, 0.15) is 11.7 Å². The molecule has 1 aromatic carbocycles. The van der Waals surface area contributed by atoms with Gasteiger partial charge in [0.15, 0.2) is 0 Å². The maximum absolute atomic E-state index is 10.8. The van der Waals surface area contributed by atoms with E-state index in [4.69, 9.17) is 5.11 Å². The molecule has 0 radical (unpaired) electrons. The molecule has 10 nitrogen and oxygen atoms in total. The third-order valence-corrected chi connectivity index (χ3v) is 2.18. The van der Waals surface area contributed by atoms with E-state index < -0.39 is 33.2 Å². The van der Waals surface area contributed by atoms with Gasteiger partial charge in [-0.2, -0.15) is 0 Å². The molecule has 0 amide bonds. The number of anilines is 1. The lowest BCUT2D eigenvalue weighted by molar-refractivity contribution is -0.393. The number of benzene rings is 1. The number of nitro benzene ring substituents is 2. The van der Waals surface area contributed by atoms with E-state index in [0.29, 0.717) is 0 Å². The molecule has 0 bridgehead atoms. The van der Waals surface area contributed by atoms with Crippen molar-refractivity contribution < 1.29 is 19.7 Å². The van der Waals surface area contributed by atoms with Gasteiger partial charge in [-0.1, -0.05) is 0 Å². The Morgan fingerprint density at radius 1 is 1.32 bits per heavy atom. The molecule has 0 aliphatic carbocycles. The van der Waals surface area contributed by atoms with E-state index in [2.05, 4.69) is 10.9 Å². The standard InChI is InChI=1S/C9H10N4O6/c1-5(9(14)15)10-11-7-3-2-6(12(16)17)4-8(7)13(18)19/h2-5,10-11H,1H3,(H,14,15)/t5-/m0/s1. The molecule has 1 aromatic rings. The van der Waals surface area contributed by atoms with E-state index in [9.17, 15) is 25.0 Å². The van der Waals surface area contributed by atoms with E-state index in [0.717, 1.165) is 18.2 Å². The zero-order valence-electron chi connectivity index (χ0n) is 9.69. The van der Waals surface area contributed by atoms with Crippen LogP contribution in [0.5, 0.6) is 0 Å². The van der Waals surface area contributed by atoms with Crippen molar-refractivity contribution in [1.82, 2.24) is 5.43 Å². The number of rotatable bonds is 6. The second-order valence-electron chi connectivity index (χ2n) is 3.54. The summed E-state index contributed by atoms with van der Waals surface area (Å²) in [5.74, 6) is -1.16. The van der Waals surface area contributed by atoms with Crippen molar-refractivity contribution in [2.24, 2.45) is 0 Å². The Kier molecular flexibility index (Phi) is 4.32. The van der Waals surface area contributed by atoms with Crippen LogP contribution in [-0.2, 0) is 4.79 Å². The number of nitrogens with one attached hydrogen (secondary N) is 2.